The van der Waals surface area contributed by atoms with Gasteiger partial charge in [0.05, 0.1) is 22.9 Å². The molecule has 18 heteroatoms. The van der Waals surface area contributed by atoms with Crippen LogP contribution in [-0.4, -0.2) is 54.2 Å². The van der Waals surface area contributed by atoms with Crippen LogP contribution in [0.3, 0.4) is 0 Å². The molecule has 0 fully saturated rings. The standard InChI is InChI=1S/C17H19N5O3.C16H14N6O3S/c1-11-4-6-12(7-5-11)8-18-13(23)9-22-10-19-15-14(22)16(24)21(3)17(25)20(15)2;1-20-13-12(14(24)21(2)16(20)25)22(8-17-13)7-11(23)19-15-18-9-5-3-4-6-10(9)26-15/h4-7,10H,8-9H2,1-3H3,(H,18,23);3-6,8H,7H2,1-2H3,(H,18,19,23). The van der Waals surface area contributed by atoms with Gasteiger partial charge in [0.1, 0.15) is 13.1 Å². The van der Waals surface area contributed by atoms with E-state index in [4.69, 9.17) is 0 Å². The minimum absolute atomic E-state index is 0.0458. The molecule has 0 saturated heterocycles. The highest BCUT2D eigenvalue weighted by molar-refractivity contribution is 7.22. The third-order valence-corrected chi connectivity index (χ3v) is 9.16. The predicted molar refractivity (Wildman–Crippen MR) is 192 cm³/mol. The van der Waals surface area contributed by atoms with Crippen molar-refractivity contribution in [2.45, 2.75) is 26.6 Å². The number of thiazole rings is 1. The summed E-state index contributed by atoms with van der Waals surface area (Å²) in [7, 11) is 5.86. The summed E-state index contributed by atoms with van der Waals surface area (Å²) in [6, 6.07) is 15.5. The second kappa shape index (κ2) is 13.8. The Labute approximate surface area is 291 Å². The lowest BCUT2D eigenvalue weighted by molar-refractivity contribution is -0.121. The fourth-order valence-corrected chi connectivity index (χ4v) is 6.27. The van der Waals surface area contributed by atoms with Crippen molar-refractivity contribution >= 4 is 60.8 Å². The van der Waals surface area contributed by atoms with Crippen LogP contribution in [0, 0.1) is 6.92 Å². The topological polar surface area (TPSA) is 195 Å². The minimum Gasteiger partial charge on any atom is -0.350 e. The van der Waals surface area contributed by atoms with Crippen LogP contribution in [0.2, 0.25) is 0 Å². The summed E-state index contributed by atoms with van der Waals surface area (Å²) < 4.78 is 8.42. The third kappa shape index (κ3) is 6.76. The van der Waals surface area contributed by atoms with E-state index in [-0.39, 0.29) is 47.2 Å². The van der Waals surface area contributed by atoms with E-state index >= 15 is 0 Å². The molecule has 262 valence electrons. The molecular formula is C33H33N11O6S. The summed E-state index contributed by atoms with van der Waals surface area (Å²) in [5, 5.41) is 6.04. The molecule has 7 rings (SSSR count). The molecule has 0 aliphatic carbocycles. The SMILES string of the molecule is Cc1ccc(CNC(=O)Cn2cnc3c2c(=O)n(C)c(=O)n3C)cc1.Cn1c(=O)c2c(ncn2CC(=O)Nc2nc3ccccc3s2)n(C)c1=O. The fraction of sp³-hybridized carbons (Fsp3) is 0.242. The zero-order valence-electron chi connectivity index (χ0n) is 28.3. The van der Waals surface area contributed by atoms with Crippen molar-refractivity contribution in [2.24, 2.45) is 28.2 Å². The number of anilines is 1. The Kier molecular flexibility index (Phi) is 9.33. The number of rotatable bonds is 7. The van der Waals surface area contributed by atoms with E-state index in [9.17, 15) is 28.8 Å². The lowest BCUT2D eigenvalue weighted by Gasteiger charge is -2.08. The van der Waals surface area contributed by atoms with Crippen LogP contribution in [0.15, 0.2) is 80.4 Å². The summed E-state index contributed by atoms with van der Waals surface area (Å²) in [5.41, 5.74) is 2.02. The first kappa shape index (κ1) is 34.4. The number of hydrogen-bond acceptors (Lipinski definition) is 10. The van der Waals surface area contributed by atoms with Crippen molar-refractivity contribution in [1.29, 1.82) is 0 Å². The van der Waals surface area contributed by atoms with Gasteiger partial charge in [-0.05, 0) is 24.6 Å². The Morgan fingerprint density at radius 1 is 0.706 bits per heavy atom. The minimum atomic E-state index is -0.492. The zero-order valence-corrected chi connectivity index (χ0v) is 29.1. The monoisotopic (exact) mass is 711 g/mol. The first-order valence-corrected chi connectivity index (χ1v) is 16.3. The molecule has 0 unspecified atom stereocenters. The number of aryl methyl sites for hydroxylation is 3. The fourth-order valence-electron chi connectivity index (χ4n) is 5.39. The molecule has 0 bridgehead atoms. The van der Waals surface area contributed by atoms with Gasteiger partial charge in [-0.3, -0.25) is 37.4 Å². The van der Waals surface area contributed by atoms with Gasteiger partial charge in [-0.25, -0.2) is 24.5 Å². The highest BCUT2D eigenvalue weighted by atomic mass is 32.1. The van der Waals surface area contributed by atoms with Gasteiger partial charge in [-0.1, -0.05) is 53.3 Å². The average molecular weight is 712 g/mol. The van der Waals surface area contributed by atoms with Crippen LogP contribution >= 0.6 is 11.3 Å². The van der Waals surface area contributed by atoms with Gasteiger partial charge >= 0.3 is 11.4 Å². The van der Waals surface area contributed by atoms with Crippen molar-refractivity contribution in [3.05, 3.63) is 114 Å². The second-order valence-electron chi connectivity index (χ2n) is 11.8. The summed E-state index contributed by atoms with van der Waals surface area (Å²) in [4.78, 5) is 85.7. The summed E-state index contributed by atoms with van der Waals surface area (Å²) in [6.45, 7) is 2.25. The maximum atomic E-state index is 12.4. The normalized spacial score (nSPS) is 11.2. The Hall–Kier alpha value is -6.43. The molecule has 7 aromatic rings. The molecule has 0 spiro atoms. The second-order valence-corrected chi connectivity index (χ2v) is 12.8. The molecule has 0 radical (unpaired) electrons. The first-order chi connectivity index (χ1) is 24.3. The number of nitrogens with one attached hydrogen (secondary N) is 2. The number of benzene rings is 2. The molecule has 17 nitrogen and oxygen atoms in total. The van der Waals surface area contributed by atoms with E-state index in [0.29, 0.717) is 11.7 Å². The van der Waals surface area contributed by atoms with Crippen LogP contribution in [-0.2, 0) is 57.4 Å². The van der Waals surface area contributed by atoms with Crippen molar-refractivity contribution in [3.63, 3.8) is 0 Å². The van der Waals surface area contributed by atoms with Crippen LogP contribution in [0.1, 0.15) is 11.1 Å². The maximum Gasteiger partial charge on any atom is 0.332 e. The van der Waals surface area contributed by atoms with Crippen LogP contribution in [0.5, 0.6) is 0 Å². The number of fused-ring (bicyclic) bond motifs is 3. The molecule has 0 aliphatic rings. The molecule has 5 aromatic heterocycles. The molecule has 51 heavy (non-hydrogen) atoms. The van der Waals surface area contributed by atoms with Gasteiger partial charge in [-0.15, -0.1) is 0 Å². The summed E-state index contributed by atoms with van der Waals surface area (Å²) in [6.07, 6.45) is 2.78. The highest BCUT2D eigenvalue weighted by Gasteiger charge is 2.18. The van der Waals surface area contributed by atoms with Crippen molar-refractivity contribution in [2.75, 3.05) is 5.32 Å². The van der Waals surface area contributed by atoms with Crippen molar-refractivity contribution in [1.82, 2.24) is 47.7 Å². The van der Waals surface area contributed by atoms with E-state index in [2.05, 4.69) is 25.6 Å². The van der Waals surface area contributed by atoms with Gasteiger partial charge in [0, 0.05) is 34.7 Å². The van der Waals surface area contributed by atoms with Gasteiger partial charge in [0.25, 0.3) is 11.1 Å². The number of para-hydroxylation sites is 1. The van der Waals surface area contributed by atoms with E-state index in [0.717, 1.165) is 30.5 Å². The number of carbonyl (C=O) groups excluding carboxylic acids is 2. The smallest absolute Gasteiger partial charge is 0.332 e. The zero-order chi connectivity index (χ0) is 36.6. The molecule has 2 N–H and O–H groups in total. The van der Waals surface area contributed by atoms with Crippen LogP contribution < -0.4 is 33.1 Å². The Balaban J connectivity index is 0.000000176. The van der Waals surface area contributed by atoms with Gasteiger partial charge < -0.3 is 19.8 Å². The Bertz CT molecular complexity index is 2680. The quantitative estimate of drug-likeness (QED) is 0.240. The number of nitrogens with zero attached hydrogens (tertiary/aromatic N) is 9. The van der Waals surface area contributed by atoms with Crippen LogP contribution in [0.4, 0.5) is 5.13 Å². The third-order valence-electron chi connectivity index (χ3n) is 8.21. The molecule has 0 atom stereocenters. The number of hydrogen-bond donors (Lipinski definition) is 2. The van der Waals surface area contributed by atoms with Crippen molar-refractivity contribution < 1.29 is 9.59 Å². The van der Waals surface area contributed by atoms with Gasteiger partial charge in [0.15, 0.2) is 27.5 Å². The Morgan fingerprint density at radius 3 is 1.78 bits per heavy atom. The molecule has 5 heterocycles. The average Bonchev–Trinajstić information content (AvgIpc) is 3.85. The Morgan fingerprint density at radius 2 is 1.24 bits per heavy atom. The van der Waals surface area contributed by atoms with Gasteiger partial charge in [-0.2, -0.15) is 0 Å². The number of amides is 2. The van der Waals surface area contributed by atoms with Crippen LogP contribution in [0.25, 0.3) is 32.5 Å². The van der Waals surface area contributed by atoms with Crippen molar-refractivity contribution in [3.8, 4) is 0 Å². The predicted octanol–water partition coefficient (Wildman–Crippen LogP) is 0.741. The maximum absolute atomic E-state index is 12.4. The molecule has 2 amide bonds. The van der Waals surface area contributed by atoms with E-state index in [1.54, 1.807) is 7.05 Å². The largest absolute Gasteiger partial charge is 0.350 e. The highest BCUT2D eigenvalue weighted by Crippen LogP contribution is 2.25. The lowest BCUT2D eigenvalue weighted by atomic mass is 10.1. The van der Waals surface area contributed by atoms with Gasteiger partial charge in [0.2, 0.25) is 11.8 Å². The van der Waals surface area contributed by atoms with E-state index < -0.39 is 22.5 Å². The number of imidazole rings is 2. The number of aromatic nitrogens is 9. The lowest BCUT2D eigenvalue weighted by Crippen LogP contribution is -2.38. The molecule has 2 aromatic carbocycles. The molecule has 0 aliphatic heterocycles. The van der Waals surface area contributed by atoms with E-state index in [1.165, 1.54) is 63.4 Å². The molecular weight excluding hydrogens is 679 g/mol. The first-order valence-electron chi connectivity index (χ1n) is 15.5. The summed E-state index contributed by atoms with van der Waals surface area (Å²) in [5.74, 6) is -0.574. The van der Waals surface area contributed by atoms with E-state index in [1.807, 2.05) is 55.5 Å². The molecule has 0 saturated carbocycles. The number of carbonyl (C=O) groups is 2. The summed E-state index contributed by atoms with van der Waals surface area (Å²) >= 11 is 1.37.